The molecule has 0 fully saturated rings. The van der Waals surface area contributed by atoms with Gasteiger partial charge in [0.1, 0.15) is 0 Å². The monoisotopic (exact) mass is 751 g/mol. The predicted octanol–water partition coefficient (Wildman–Crippen LogP) is 10.7. The summed E-state index contributed by atoms with van der Waals surface area (Å²) in [6, 6.07) is 31.6. The molecular formula is C37H36IrNO2S-. The van der Waals surface area contributed by atoms with Crippen LogP contribution in [0, 0.1) is 17.9 Å². The number of fused-ring (bicyclic) bond motifs is 6. The van der Waals surface area contributed by atoms with Gasteiger partial charge in [-0.05, 0) is 28.6 Å². The predicted molar refractivity (Wildman–Crippen MR) is 176 cm³/mol. The Balaban J connectivity index is 0.000000292. The van der Waals surface area contributed by atoms with Gasteiger partial charge in [-0.3, -0.25) is 9.78 Å². The van der Waals surface area contributed by atoms with Crippen LogP contribution in [0.2, 0.25) is 0 Å². The molecule has 5 heteroatoms. The Labute approximate surface area is 265 Å². The third-order valence-electron chi connectivity index (χ3n) is 7.40. The number of pyridine rings is 1. The van der Waals surface area contributed by atoms with Crippen molar-refractivity contribution in [3.63, 3.8) is 0 Å². The average Bonchev–Trinajstić information content (AvgIpc) is 3.36. The number of carbonyl (C=O) groups excluding carboxylic acids is 1. The summed E-state index contributed by atoms with van der Waals surface area (Å²) in [6.07, 6.45) is 1.31. The van der Waals surface area contributed by atoms with E-state index in [9.17, 15) is 9.90 Å². The molecule has 6 rings (SSSR count). The zero-order chi connectivity index (χ0) is 29.3. The van der Waals surface area contributed by atoms with Crippen LogP contribution < -0.4 is 0 Å². The zero-order valence-electron chi connectivity index (χ0n) is 24.9. The number of aliphatic hydroxyl groups is 1. The number of aliphatic hydroxyl groups excluding tert-OH is 1. The van der Waals surface area contributed by atoms with Gasteiger partial charge in [-0.1, -0.05) is 119 Å². The number of benzene rings is 4. The molecule has 0 atom stereocenters. The fraction of sp³-hybridized carbons (Fsp3) is 0.243. The number of hydrogen-bond acceptors (Lipinski definition) is 4. The van der Waals surface area contributed by atoms with E-state index in [-0.39, 0.29) is 43.5 Å². The summed E-state index contributed by atoms with van der Waals surface area (Å²) in [5.74, 6) is 0.611. The van der Waals surface area contributed by atoms with Crippen LogP contribution in [0.1, 0.15) is 53.0 Å². The van der Waals surface area contributed by atoms with Crippen molar-refractivity contribution in [2.75, 3.05) is 0 Å². The van der Waals surface area contributed by atoms with Crippen molar-refractivity contribution in [1.82, 2.24) is 4.98 Å². The minimum atomic E-state index is -0.0316. The maximum atomic E-state index is 11.0. The molecule has 0 aliphatic carbocycles. The van der Waals surface area contributed by atoms with E-state index < -0.39 is 0 Å². The van der Waals surface area contributed by atoms with Crippen molar-refractivity contribution in [2.24, 2.45) is 11.8 Å². The molecule has 2 heterocycles. The van der Waals surface area contributed by atoms with E-state index in [2.05, 4.69) is 98.8 Å². The van der Waals surface area contributed by atoms with Gasteiger partial charge in [0.25, 0.3) is 0 Å². The number of hydrogen-bond donors (Lipinski definition) is 1. The minimum Gasteiger partial charge on any atom is -0.512 e. The number of nitrogens with zero attached hydrogens (tertiary/aromatic N) is 1. The first kappa shape index (κ1) is 31.6. The molecule has 0 aliphatic rings. The summed E-state index contributed by atoms with van der Waals surface area (Å²) in [5, 5.41) is 15.4. The molecule has 1 N–H and O–H groups in total. The third kappa shape index (κ3) is 6.20. The van der Waals surface area contributed by atoms with E-state index in [1.165, 1.54) is 48.0 Å². The molecule has 0 amide bonds. The molecule has 0 aliphatic heterocycles. The van der Waals surface area contributed by atoms with E-state index in [1.807, 2.05) is 39.0 Å². The maximum absolute atomic E-state index is 11.0. The quantitative estimate of drug-likeness (QED) is 0.108. The molecule has 1 radical (unpaired) electrons. The van der Waals surface area contributed by atoms with E-state index in [1.54, 1.807) is 0 Å². The first-order valence-electron chi connectivity index (χ1n) is 14.3. The van der Waals surface area contributed by atoms with E-state index in [4.69, 9.17) is 4.98 Å². The normalized spacial score (nSPS) is 11.9. The fourth-order valence-electron chi connectivity index (χ4n) is 5.00. The van der Waals surface area contributed by atoms with Crippen LogP contribution in [-0.2, 0) is 24.9 Å². The van der Waals surface area contributed by atoms with Crippen molar-refractivity contribution >= 4 is 59.0 Å². The Morgan fingerprint density at radius 2 is 1.40 bits per heavy atom. The summed E-state index contributed by atoms with van der Waals surface area (Å²) in [5.41, 5.74) is 4.50. The van der Waals surface area contributed by atoms with Gasteiger partial charge in [0.2, 0.25) is 0 Å². The zero-order valence-corrected chi connectivity index (χ0v) is 28.1. The summed E-state index contributed by atoms with van der Waals surface area (Å²) < 4.78 is 2.61. The number of thiophene rings is 1. The smallest absolute Gasteiger partial charge is 0.161 e. The number of aromatic nitrogens is 1. The molecule has 0 bridgehead atoms. The van der Waals surface area contributed by atoms with E-state index >= 15 is 0 Å². The Morgan fingerprint density at radius 1 is 0.810 bits per heavy atom. The van der Waals surface area contributed by atoms with Gasteiger partial charge in [0, 0.05) is 52.8 Å². The summed E-state index contributed by atoms with van der Waals surface area (Å²) in [4.78, 5) is 16.2. The number of allylic oxidation sites excluding steroid dienone is 2. The van der Waals surface area contributed by atoms with Crippen molar-refractivity contribution in [2.45, 2.75) is 47.5 Å². The minimum absolute atomic E-state index is 0. The van der Waals surface area contributed by atoms with Gasteiger partial charge in [-0.2, -0.15) is 0 Å². The SMILES string of the molecule is CC(C)C(=O)/C=C(\O)C(C)C.CC(C)c1c[c-]c(-c2nc3ccccc3c3sc4ccccc4c23)c2ccccc12.[Ir]. The number of ketones is 1. The first-order chi connectivity index (χ1) is 19.7. The van der Waals surface area contributed by atoms with Gasteiger partial charge in [0.15, 0.2) is 5.78 Å². The third-order valence-corrected chi connectivity index (χ3v) is 8.61. The molecule has 0 saturated heterocycles. The average molecular weight is 751 g/mol. The van der Waals surface area contributed by atoms with Crippen molar-refractivity contribution in [3.8, 4) is 11.3 Å². The second kappa shape index (κ2) is 13.3. The van der Waals surface area contributed by atoms with Gasteiger partial charge in [-0.15, -0.1) is 34.6 Å². The standard InChI is InChI=1S/C28H20NS.C9H16O2.Ir/c1-17(2)18-15-16-21(20-10-4-3-9-19(18)20)27-26-23-12-6-8-14-25(23)30-28(26)22-11-5-7-13-24(22)29-27;1-6(2)8(10)5-9(11)7(3)4;/h3-15,17H,1-2H3;5-7,10H,1-4H3;/q-1;;/b;8-5-;. The van der Waals surface area contributed by atoms with Gasteiger partial charge < -0.3 is 5.11 Å². The molecule has 217 valence electrons. The largest absolute Gasteiger partial charge is 0.512 e. The first-order valence-corrected chi connectivity index (χ1v) is 15.1. The van der Waals surface area contributed by atoms with Crippen LogP contribution >= 0.6 is 11.3 Å². The van der Waals surface area contributed by atoms with Gasteiger partial charge in [0.05, 0.1) is 11.3 Å². The summed E-state index contributed by atoms with van der Waals surface area (Å²) >= 11 is 1.86. The molecule has 0 spiro atoms. The summed E-state index contributed by atoms with van der Waals surface area (Å²) in [6.45, 7) is 11.8. The van der Waals surface area contributed by atoms with E-state index in [0.717, 1.165) is 16.8 Å². The molecule has 6 aromatic rings. The summed E-state index contributed by atoms with van der Waals surface area (Å²) in [7, 11) is 0. The van der Waals surface area contributed by atoms with Crippen LogP contribution in [0.4, 0.5) is 0 Å². The van der Waals surface area contributed by atoms with E-state index in [0.29, 0.717) is 5.92 Å². The molecule has 0 saturated carbocycles. The Kier molecular flexibility index (Phi) is 9.99. The molecule has 3 nitrogen and oxygen atoms in total. The van der Waals surface area contributed by atoms with Gasteiger partial charge in [-0.25, -0.2) is 0 Å². The molecule has 2 aromatic heterocycles. The topological polar surface area (TPSA) is 50.2 Å². The number of rotatable bonds is 5. The second-order valence-electron chi connectivity index (χ2n) is 11.4. The molecule has 0 unspecified atom stereocenters. The van der Waals surface area contributed by atoms with Crippen molar-refractivity contribution < 1.29 is 30.0 Å². The van der Waals surface area contributed by atoms with Crippen molar-refractivity contribution in [3.05, 3.63) is 102 Å². The Bertz CT molecular complexity index is 1920. The van der Waals surface area contributed by atoms with Crippen LogP contribution in [0.5, 0.6) is 0 Å². The van der Waals surface area contributed by atoms with Crippen LogP contribution in [0.15, 0.2) is 90.7 Å². The Hall–Kier alpha value is -3.37. The number of carbonyl (C=O) groups is 1. The molecular weight excluding hydrogens is 715 g/mol. The second-order valence-corrected chi connectivity index (χ2v) is 12.4. The maximum Gasteiger partial charge on any atom is 0.161 e. The molecule has 4 aromatic carbocycles. The van der Waals surface area contributed by atoms with Crippen molar-refractivity contribution in [1.29, 1.82) is 0 Å². The fourth-order valence-corrected chi connectivity index (χ4v) is 6.24. The molecule has 42 heavy (non-hydrogen) atoms. The van der Waals surface area contributed by atoms with Crippen LogP contribution in [0.25, 0.3) is 53.1 Å². The number of para-hydroxylation sites is 1. The van der Waals surface area contributed by atoms with Crippen LogP contribution in [0.3, 0.4) is 0 Å². The van der Waals surface area contributed by atoms with Gasteiger partial charge >= 0.3 is 0 Å². The Morgan fingerprint density at radius 3 is 2.05 bits per heavy atom. The van der Waals surface area contributed by atoms with Crippen LogP contribution in [-0.4, -0.2) is 15.9 Å².